The second kappa shape index (κ2) is 6.17. The highest BCUT2D eigenvalue weighted by Gasteiger charge is 2.19. The molecule has 2 N–H and O–H groups in total. The van der Waals surface area contributed by atoms with Crippen molar-refractivity contribution >= 4 is 28.9 Å². The molecule has 1 aromatic carbocycles. The van der Waals surface area contributed by atoms with Gasteiger partial charge in [0.1, 0.15) is 0 Å². The molecule has 3 rings (SSSR count). The topological polar surface area (TPSA) is 78.9 Å². The lowest BCUT2D eigenvalue weighted by Crippen LogP contribution is -2.09. The zero-order valence-electron chi connectivity index (χ0n) is 11.3. The molecule has 6 nitrogen and oxygen atoms in total. The third-order valence-electron chi connectivity index (χ3n) is 3.60. The van der Waals surface area contributed by atoms with E-state index in [2.05, 4.69) is 15.5 Å². The molecule has 1 fully saturated rings. The first kappa shape index (κ1) is 14.6. The van der Waals surface area contributed by atoms with Crippen molar-refractivity contribution in [2.75, 3.05) is 18.9 Å². The Morgan fingerprint density at radius 2 is 2.24 bits per heavy atom. The lowest BCUT2D eigenvalue weighted by Gasteiger charge is -2.10. The van der Waals surface area contributed by atoms with E-state index in [0.29, 0.717) is 39.6 Å². The highest BCUT2D eigenvalue weighted by Crippen LogP contribution is 2.34. The Labute approximate surface area is 132 Å². The maximum Gasteiger partial charge on any atom is 0.183 e. The summed E-state index contributed by atoms with van der Waals surface area (Å²) >= 11 is 12.3. The van der Waals surface area contributed by atoms with Crippen molar-refractivity contribution in [1.29, 1.82) is 0 Å². The maximum absolute atomic E-state index is 6.24. The fourth-order valence-corrected chi connectivity index (χ4v) is 2.86. The Balaban J connectivity index is 1.84. The molecule has 112 valence electrons. The molecular formula is C13H15Cl2N5O. The molecule has 0 amide bonds. The minimum atomic E-state index is 0.394. The summed E-state index contributed by atoms with van der Waals surface area (Å²) in [6, 6.07) is 3.34. The molecule has 0 spiro atoms. The predicted molar refractivity (Wildman–Crippen MR) is 81.2 cm³/mol. The van der Waals surface area contributed by atoms with E-state index < -0.39 is 0 Å². The van der Waals surface area contributed by atoms with Gasteiger partial charge < -0.3 is 10.5 Å². The van der Waals surface area contributed by atoms with Gasteiger partial charge in [-0.3, -0.25) is 0 Å². The smallest absolute Gasteiger partial charge is 0.183 e. The summed E-state index contributed by atoms with van der Waals surface area (Å²) in [4.78, 5) is 0. The van der Waals surface area contributed by atoms with Crippen molar-refractivity contribution in [2.45, 2.75) is 19.4 Å². The van der Waals surface area contributed by atoms with E-state index in [-0.39, 0.29) is 0 Å². The number of aryl methyl sites for hydroxylation is 1. The standard InChI is InChI=1S/C13H15Cl2N5O/c14-11-6-9(16)5-10(12(11)15)13-17-18-19-20(13)3-1-8-2-4-21-7-8/h5-6,8H,1-4,7,16H2. The van der Waals surface area contributed by atoms with Gasteiger partial charge in [-0.05, 0) is 41.3 Å². The minimum absolute atomic E-state index is 0.394. The number of tetrazole rings is 1. The Bertz CT molecular complexity index is 639. The van der Waals surface area contributed by atoms with Crippen LogP contribution in [0.3, 0.4) is 0 Å². The molecule has 1 atom stereocenters. The molecule has 1 aromatic heterocycles. The van der Waals surface area contributed by atoms with E-state index in [9.17, 15) is 0 Å². The molecule has 1 aliphatic rings. The van der Waals surface area contributed by atoms with Gasteiger partial charge in [0, 0.05) is 31.0 Å². The maximum atomic E-state index is 6.24. The number of nitrogens with two attached hydrogens (primary N) is 1. The SMILES string of the molecule is Nc1cc(Cl)c(Cl)c(-c2nnnn2CCC2CCOC2)c1. The monoisotopic (exact) mass is 327 g/mol. The molecule has 21 heavy (non-hydrogen) atoms. The normalized spacial score (nSPS) is 18.3. The molecule has 0 aliphatic carbocycles. The molecule has 0 bridgehead atoms. The second-order valence-electron chi connectivity index (χ2n) is 5.11. The molecule has 8 heteroatoms. The van der Waals surface area contributed by atoms with E-state index in [0.717, 1.165) is 26.1 Å². The number of hydrogen-bond acceptors (Lipinski definition) is 5. The van der Waals surface area contributed by atoms with Crippen LogP contribution in [0.2, 0.25) is 10.0 Å². The summed E-state index contributed by atoms with van der Waals surface area (Å²) in [5.41, 5.74) is 6.99. The number of ether oxygens (including phenoxy) is 1. The van der Waals surface area contributed by atoms with Crippen LogP contribution in [0, 0.1) is 5.92 Å². The minimum Gasteiger partial charge on any atom is -0.399 e. The number of aromatic nitrogens is 4. The largest absolute Gasteiger partial charge is 0.399 e. The fourth-order valence-electron chi connectivity index (χ4n) is 2.44. The van der Waals surface area contributed by atoms with Crippen LogP contribution in [0.15, 0.2) is 12.1 Å². The van der Waals surface area contributed by atoms with Crippen molar-refractivity contribution in [2.24, 2.45) is 5.92 Å². The number of nitrogen functional groups attached to an aromatic ring is 1. The number of rotatable bonds is 4. The van der Waals surface area contributed by atoms with Gasteiger partial charge in [0.15, 0.2) is 5.82 Å². The van der Waals surface area contributed by atoms with Crippen LogP contribution in [-0.4, -0.2) is 33.4 Å². The second-order valence-corrected chi connectivity index (χ2v) is 5.89. The Kier molecular flexibility index (Phi) is 4.28. The summed E-state index contributed by atoms with van der Waals surface area (Å²) in [5.74, 6) is 1.13. The molecule has 2 heterocycles. The van der Waals surface area contributed by atoms with Crippen molar-refractivity contribution in [3.05, 3.63) is 22.2 Å². The van der Waals surface area contributed by atoms with E-state index in [4.69, 9.17) is 33.7 Å². The van der Waals surface area contributed by atoms with Gasteiger partial charge in [-0.25, -0.2) is 4.68 Å². The number of benzene rings is 1. The van der Waals surface area contributed by atoms with Gasteiger partial charge in [0.05, 0.1) is 10.0 Å². The van der Waals surface area contributed by atoms with E-state index >= 15 is 0 Å². The predicted octanol–water partition coefficient (Wildman–Crippen LogP) is 2.66. The Morgan fingerprint density at radius 3 is 3.00 bits per heavy atom. The molecule has 2 aromatic rings. The molecule has 1 unspecified atom stereocenters. The highest BCUT2D eigenvalue weighted by atomic mass is 35.5. The molecule has 1 aliphatic heterocycles. The van der Waals surface area contributed by atoms with Gasteiger partial charge in [-0.15, -0.1) is 5.10 Å². The molecule has 0 saturated carbocycles. The third kappa shape index (κ3) is 3.12. The zero-order chi connectivity index (χ0) is 14.8. The van der Waals surface area contributed by atoms with Crippen LogP contribution in [0.1, 0.15) is 12.8 Å². The van der Waals surface area contributed by atoms with E-state index in [1.807, 2.05) is 0 Å². The van der Waals surface area contributed by atoms with Crippen LogP contribution in [0.25, 0.3) is 11.4 Å². The van der Waals surface area contributed by atoms with Gasteiger partial charge in [0.25, 0.3) is 0 Å². The highest BCUT2D eigenvalue weighted by molar-refractivity contribution is 6.43. The Morgan fingerprint density at radius 1 is 1.38 bits per heavy atom. The fraction of sp³-hybridized carbons (Fsp3) is 0.462. The Hall–Kier alpha value is -1.37. The van der Waals surface area contributed by atoms with Crippen LogP contribution in [0.5, 0.6) is 0 Å². The number of hydrogen-bond donors (Lipinski definition) is 1. The van der Waals surface area contributed by atoms with Crippen molar-refractivity contribution in [3.8, 4) is 11.4 Å². The molecule has 0 radical (unpaired) electrons. The summed E-state index contributed by atoms with van der Waals surface area (Å²) in [5, 5.41) is 12.6. The van der Waals surface area contributed by atoms with Crippen molar-refractivity contribution in [3.63, 3.8) is 0 Å². The van der Waals surface area contributed by atoms with Crippen LogP contribution < -0.4 is 5.73 Å². The first-order valence-corrected chi connectivity index (χ1v) is 7.49. The van der Waals surface area contributed by atoms with E-state index in [1.54, 1.807) is 16.8 Å². The van der Waals surface area contributed by atoms with Gasteiger partial charge in [0.2, 0.25) is 0 Å². The van der Waals surface area contributed by atoms with E-state index in [1.165, 1.54) is 0 Å². The summed E-state index contributed by atoms with van der Waals surface area (Å²) < 4.78 is 7.11. The summed E-state index contributed by atoms with van der Waals surface area (Å²) in [6.07, 6.45) is 2.05. The van der Waals surface area contributed by atoms with Gasteiger partial charge >= 0.3 is 0 Å². The molecule has 1 saturated heterocycles. The van der Waals surface area contributed by atoms with Crippen molar-refractivity contribution in [1.82, 2.24) is 20.2 Å². The van der Waals surface area contributed by atoms with Crippen LogP contribution >= 0.6 is 23.2 Å². The number of anilines is 1. The number of nitrogens with zero attached hydrogens (tertiary/aromatic N) is 4. The lowest BCUT2D eigenvalue weighted by atomic mass is 10.1. The first-order chi connectivity index (χ1) is 10.1. The van der Waals surface area contributed by atoms with Crippen LogP contribution in [-0.2, 0) is 11.3 Å². The molecular weight excluding hydrogens is 313 g/mol. The average molecular weight is 328 g/mol. The van der Waals surface area contributed by atoms with Gasteiger partial charge in [-0.2, -0.15) is 0 Å². The number of halogens is 2. The first-order valence-electron chi connectivity index (χ1n) is 6.74. The van der Waals surface area contributed by atoms with Crippen molar-refractivity contribution < 1.29 is 4.74 Å². The lowest BCUT2D eigenvalue weighted by molar-refractivity contribution is 0.183. The third-order valence-corrected chi connectivity index (χ3v) is 4.40. The summed E-state index contributed by atoms with van der Waals surface area (Å²) in [7, 11) is 0. The van der Waals surface area contributed by atoms with Crippen LogP contribution in [0.4, 0.5) is 5.69 Å². The quantitative estimate of drug-likeness (QED) is 0.873. The summed E-state index contributed by atoms with van der Waals surface area (Å²) in [6.45, 7) is 2.35. The zero-order valence-corrected chi connectivity index (χ0v) is 12.8. The van der Waals surface area contributed by atoms with Gasteiger partial charge in [-0.1, -0.05) is 23.2 Å². The average Bonchev–Trinajstić information content (AvgIpc) is 3.11.